The van der Waals surface area contributed by atoms with Gasteiger partial charge in [0.15, 0.2) is 0 Å². The minimum Gasteiger partial charge on any atom is -0.384 e. The minimum absolute atomic E-state index is 0.339. The first-order valence-corrected chi connectivity index (χ1v) is 3.84. The van der Waals surface area contributed by atoms with Gasteiger partial charge in [0.25, 0.3) is 5.91 Å². The van der Waals surface area contributed by atoms with Gasteiger partial charge in [-0.3, -0.25) is 4.79 Å². The summed E-state index contributed by atoms with van der Waals surface area (Å²) >= 11 is 0. The van der Waals surface area contributed by atoms with Gasteiger partial charge in [0.2, 0.25) is 0 Å². The highest BCUT2D eigenvalue weighted by atomic mass is 19.1. The van der Waals surface area contributed by atoms with Crippen molar-refractivity contribution in [3.63, 3.8) is 0 Å². The fraction of sp³-hybridized carbons (Fsp3) is 0.222. The van der Waals surface area contributed by atoms with Crippen LogP contribution in [0.3, 0.4) is 0 Å². The molecule has 0 fully saturated rings. The van der Waals surface area contributed by atoms with Gasteiger partial charge in [0.05, 0.1) is 0 Å². The Balaban J connectivity index is 2.69. The van der Waals surface area contributed by atoms with Crippen molar-refractivity contribution < 1.29 is 14.3 Å². The maximum Gasteiger partial charge on any atom is 0.252 e. The lowest BCUT2D eigenvalue weighted by Crippen LogP contribution is -2.24. The van der Waals surface area contributed by atoms with Crippen LogP contribution in [-0.2, 0) is 4.79 Å². The van der Waals surface area contributed by atoms with Crippen molar-refractivity contribution in [3.8, 4) is 0 Å². The molecule has 0 heterocycles. The third kappa shape index (κ3) is 2.83. The molecule has 0 aliphatic heterocycles. The van der Waals surface area contributed by atoms with E-state index in [1.54, 1.807) is 6.07 Å². The number of anilines is 1. The van der Waals surface area contributed by atoms with Crippen molar-refractivity contribution in [3.05, 3.63) is 30.1 Å². The lowest BCUT2D eigenvalue weighted by molar-refractivity contribution is -0.123. The lowest BCUT2D eigenvalue weighted by atomic mass is 10.3. The van der Waals surface area contributed by atoms with Crippen molar-refractivity contribution in [2.24, 2.45) is 0 Å². The summed E-state index contributed by atoms with van der Waals surface area (Å²) in [6.45, 7) is 1.34. The highest BCUT2D eigenvalue weighted by Crippen LogP contribution is 2.09. The molecule has 0 radical (unpaired) electrons. The van der Waals surface area contributed by atoms with Gasteiger partial charge < -0.3 is 10.4 Å². The normalized spacial score (nSPS) is 12.2. The van der Waals surface area contributed by atoms with E-state index in [0.29, 0.717) is 5.69 Å². The molecule has 0 saturated heterocycles. The summed E-state index contributed by atoms with van der Waals surface area (Å²) in [5.41, 5.74) is 0.339. The average Bonchev–Trinajstić information content (AvgIpc) is 2.04. The Morgan fingerprint density at radius 2 is 2.31 bits per heavy atom. The van der Waals surface area contributed by atoms with Crippen molar-refractivity contribution in [2.75, 3.05) is 5.32 Å². The molecule has 70 valence electrons. The fourth-order valence-corrected chi connectivity index (χ4v) is 0.813. The first-order valence-electron chi connectivity index (χ1n) is 3.84. The zero-order valence-corrected chi connectivity index (χ0v) is 7.12. The Morgan fingerprint density at radius 1 is 1.62 bits per heavy atom. The number of rotatable bonds is 2. The van der Waals surface area contributed by atoms with E-state index in [1.165, 1.54) is 25.1 Å². The van der Waals surface area contributed by atoms with Crippen LogP contribution in [0, 0.1) is 5.82 Å². The van der Waals surface area contributed by atoms with Crippen LogP contribution in [-0.4, -0.2) is 17.1 Å². The molecule has 0 bridgehead atoms. The molecule has 0 saturated carbocycles. The quantitative estimate of drug-likeness (QED) is 0.722. The number of amides is 1. The number of aliphatic hydroxyl groups excluding tert-OH is 1. The fourth-order valence-electron chi connectivity index (χ4n) is 0.813. The molecule has 1 aromatic carbocycles. The van der Waals surface area contributed by atoms with E-state index in [4.69, 9.17) is 5.11 Å². The first-order chi connectivity index (χ1) is 6.09. The highest BCUT2D eigenvalue weighted by Gasteiger charge is 2.08. The predicted octanol–water partition coefficient (Wildman–Crippen LogP) is 1.14. The number of aliphatic hydroxyl groups is 1. The van der Waals surface area contributed by atoms with Crippen molar-refractivity contribution in [1.29, 1.82) is 0 Å². The van der Waals surface area contributed by atoms with Gasteiger partial charge >= 0.3 is 0 Å². The SMILES string of the molecule is C[C@H](O)C(=O)Nc1cccc(F)c1. The van der Waals surface area contributed by atoms with E-state index < -0.39 is 17.8 Å². The molecule has 4 heteroatoms. The molecular weight excluding hydrogens is 173 g/mol. The van der Waals surface area contributed by atoms with Crippen LogP contribution < -0.4 is 5.32 Å². The average molecular weight is 183 g/mol. The first kappa shape index (κ1) is 9.67. The van der Waals surface area contributed by atoms with Gasteiger partial charge in [-0.1, -0.05) is 6.07 Å². The molecule has 0 aromatic heterocycles. The maximum absolute atomic E-state index is 12.6. The van der Waals surface area contributed by atoms with Crippen LogP contribution in [0.5, 0.6) is 0 Å². The summed E-state index contributed by atoms with van der Waals surface area (Å²) in [5.74, 6) is -0.978. The van der Waals surface area contributed by atoms with Crippen LogP contribution in [0.25, 0.3) is 0 Å². The zero-order chi connectivity index (χ0) is 9.84. The third-order valence-electron chi connectivity index (χ3n) is 1.47. The Hall–Kier alpha value is -1.42. The largest absolute Gasteiger partial charge is 0.384 e. The number of carbonyl (C=O) groups is 1. The molecule has 0 spiro atoms. The van der Waals surface area contributed by atoms with Crippen molar-refractivity contribution in [2.45, 2.75) is 13.0 Å². The summed E-state index contributed by atoms with van der Waals surface area (Å²) in [6.07, 6.45) is -1.09. The van der Waals surface area contributed by atoms with E-state index in [2.05, 4.69) is 5.32 Å². The molecule has 1 aromatic rings. The number of halogens is 1. The second kappa shape index (κ2) is 4.00. The van der Waals surface area contributed by atoms with Crippen LogP contribution in [0.15, 0.2) is 24.3 Å². The third-order valence-corrected chi connectivity index (χ3v) is 1.47. The van der Waals surface area contributed by atoms with E-state index >= 15 is 0 Å². The van der Waals surface area contributed by atoms with E-state index in [-0.39, 0.29) is 0 Å². The van der Waals surface area contributed by atoms with Crippen LogP contribution in [0.4, 0.5) is 10.1 Å². The Kier molecular flexibility index (Phi) is 2.97. The van der Waals surface area contributed by atoms with Crippen LogP contribution >= 0.6 is 0 Å². The molecule has 3 nitrogen and oxygen atoms in total. The molecule has 1 amide bonds. The zero-order valence-electron chi connectivity index (χ0n) is 7.12. The number of nitrogens with one attached hydrogen (secondary N) is 1. The van der Waals surface area contributed by atoms with Gasteiger partial charge in [-0.25, -0.2) is 4.39 Å². The molecule has 1 atom stereocenters. The summed E-state index contributed by atoms with van der Waals surface area (Å²) in [7, 11) is 0. The molecule has 1 rings (SSSR count). The van der Waals surface area contributed by atoms with Crippen molar-refractivity contribution >= 4 is 11.6 Å². The second-order valence-corrected chi connectivity index (χ2v) is 2.68. The monoisotopic (exact) mass is 183 g/mol. The standard InChI is InChI=1S/C9H10FNO2/c1-6(12)9(13)11-8-4-2-3-7(10)5-8/h2-6,12H,1H3,(H,11,13)/t6-/m0/s1. The minimum atomic E-state index is -1.09. The van der Waals surface area contributed by atoms with Crippen molar-refractivity contribution in [1.82, 2.24) is 0 Å². The smallest absolute Gasteiger partial charge is 0.252 e. The maximum atomic E-state index is 12.6. The predicted molar refractivity (Wildman–Crippen MR) is 46.7 cm³/mol. The molecule has 0 aliphatic carbocycles. The Bertz CT molecular complexity index is 312. The van der Waals surface area contributed by atoms with Gasteiger partial charge in [0, 0.05) is 5.69 Å². The van der Waals surface area contributed by atoms with E-state index in [9.17, 15) is 9.18 Å². The van der Waals surface area contributed by atoms with Gasteiger partial charge in [0.1, 0.15) is 11.9 Å². The van der Waals surface area contributed by atoms with E-state index in [0.717, 1.165) is 0 Å². The molecule has 2 N–H and O–H groups in total. The summed E-state index contributed by atoms with van der Waals surface area (Å²) < 4.78 is 12.6. The molecule has 0 aliphatic rings. The molecule has 13 heavy (non-hydrogen) atoms. The lowest BCUT2D eigenvalue weighted by Gasteiger charge is -2.06. The van der Waals surface area contributed by atoms with Gasteiger partial charge in [-0.05, 0) is 25.1 Å². The number of carbonyl (C=O) groups excluding carboxylic acids is 1. The van der Waals surface area contributed by atoms with Crippen LogP contribution in [0.2, 0.25) is 0 Å². The summed E-state index contributed by atoms with van der Waals surface area (Å²) in [6, 6.07) is 5.48. The topological polar surface area (TPSA) is 49.3 Å². The molecular formula is C9H10FNO2. The van der Waals surface area contributed by atoms with Crippen LogP contribution in [0.1, 0.15) is 6.92 Å². The second-order valence-electron chi connectivity index (χ2n) is 2.68. The summed E-state index contributed by atoms with van der Waals surface area (Å²) in [4.78, 5) is 10.9. The number of hydrogen-bond acceptors (Lipinski definition) is 2. The number of hydrogen-bond donors (Lipinski definition) is 2. The van der Waals surface area contributed by atoms with Gasteiger partial charge in [-0.15, -0.1) is 0 Å². The highest BCUT2D eigenvalue weighted by molar-refractivity contribution is 5.93. The molecule has 0 unspecified atom stereocenters. The Labute approximate surface area is 75.2 Å². The Morgan fingerprint density at radius 3 is 2.85 bits per heavy atom. The van der Waals surface area contributed by atoms with E-state index in [1.807, 2.05) is 0 Å². The summed E-state index contributed by atoms with van der Waals surface area (Å²) in [5, 5.41) is 11.2. The van der Waals surface area contributed by atoms with Gasteiger partial charge in [-0.2, -0.15) is 0 Å². The number of benzene rings is 1.